The summed E-state index contributed by atoms with van der Waals surface area (Å²) in [4.78, 5) is 10.3. The monoisotopic (exact) mass is 202 g/mol. The quantitative estimate of drug-likeness (QED) is 0.755. The van der Waals surface area contributed by atoms with Crippen molar-refractivity contribution in [1.29, 1.82) is 0 Å². The van der Waals surface area contributed by atoms with Gasteiger partial charge in [0.05, 0.1) is 12.7 Å². The molecule has 1 rings (SSSR count). The van der Waals surface area contributed by atoms with Crippen molar-refractivity contribution in [3.63, 3.8) is 0 Å². The van der Waals surface area contributed by atoms with Crippen molar-refractivity contribution in [2.24, 2.45) is 5.41 Å². The minimum atomic E-state index is -0.784. The maximum Gasteiger partial charge on any atom is 0.303 e. The van der Waals surface area contributed by atoms with Crippen LogP contribution in [0.2, 0.25) is 0 Å². The van der Waals surface area contributed by atoms with Crippen LogP contribution in [0.1, 0.15) is 33.6 Å². The molecule has 0 amide bonds. The van der Waals surface area contributed by atoms with E-state index in [1.165, 1.54) is 0 Å². The first-order valence-electron chi connectivity index (χ1n) is 4.88. The Kier molecular flexibility index (Phi) is 3.50. The van der Waals surface area contributed by atoms with Gasteiger partial charge in [-0.2, -0.15) is 0 Å². The number of hydrogen-bond acceptors (Lipinski definition) is 3. The van der Waals surface area contributed by atoms with Gasteiger partial charge in [0.1, 0.15) is 0 Å². The van der Waals surface area contributed by atoms with Crippen molar-refractivity contribution in [3.8, 4) is 0 Å². The van der Waals surface area contributed by atoms with E-state index in [0.717, 1.165) is 0 Å². The Morgan fingerprint density at radius 1 is 1.50 bits per heavy atom. The van der Waals surface area contributed by atoms with E-state index in [9.17, 15) is 4.79 Å². The fourth-order valence-electron chi connectivity index (χ4n) is 1.34. The molecule has 1 aliphatic heterocycles. The van der Waals surface area contributed by atoms with Crippen LogP contribution in [0.15, 0.2) is 0 Å². The largest absolute Gasteiger partial charge is 0.481 e. The van der Waals surface area contributed by atoms with E-state index < -0.39 is 5.97 Å². The average molecular weight is 202 g/mol. The van der Waals surface area contributed by atoms with Crippen molar-refractivity contribution < 1.29 is 19.4 Å². The van der Waals surface area contributed by atoms with Gasteiger partial charge in [0.15, 0.2) is 6.29 Å². The second-order valence-electron chi connectivity index (χ2n) is 4.72. The van der Waals surface area contributed by atoms with E-state index in [-0.39, 0.29) is 24.2 Å². The van der Waals surface area contributed by atoms with Gasteiger partial charge in [-0.3, -0.25) is 4.79 Å². The van der Waals surface area contributed by atoms with Gasteiger partial charge in [-0.05, 0) is 6.42 Å². The molecule has 0 saturated carbocycles. The fraction of sp³-hybridized carbons (Fsp3) is 0.900. The van der Waals surface area contributed by atoms with Crippen LogP contribution in [0.3, 0.4) is 0 Å². The normalized spacial score (nSPS) is 27.9. The first kappa shape index (κ1) is 11.5. The Balaban J connectivity index is 2.31. The fourth-order valence-corrected chi connectivity index (χ4v) is 1.34. The molecule has 4 heteroatoms. The summed E-state index contributed by atoms with van der Waals surface area (Å²) in [6, 6.07) is 0. The summed E-state index contributed by atoms with van der Waals surface area (Å²) >= 11 is 0. The molecule has 1 N–H and O–H groups in total. The predicted octanol–water partition coefficient (Wildman–Crippen LogP) is 1.64. The van der Waals surface area contributed by atoms with Crippen molar-refractivity contribution in [2.75, 3.05) is 6.61 Å². The topological polar surface area (TPSA) is 55.8 Å². The van der Waals surface area contributed by atoms with E-state index in [1.807, 2.05) is 20.8 Å². The highest BCUT2D eigenvalue weighted by molar-refractivity contribution is 5.66. The van der Waals surface area contributed by atoms with Gasteiger partial charge in [0.25, 0.3) is 0 Å². The van der Waals surface area contributed by atoms with E-state index >= 15 is 0 Å². The number of hydrogen-bond donors (Lipinski definition) is 1. The summed E-state index contributed by atoms with van der Waals surface area (Å²) in [7, 11) is 0. The van der Waals surface area contributed by atoms with Gasteiger partial charge in [-0.25, -0.2) is 0 Å². The van der Waals surface area contributed by atoms with Crippen LogP contribution in [-0.2, 0) is 14.3 Å². The van der Waals surface area contributed by atoms with Crippen LogP contribution in [0, 0.1) is 5.41 Å². The summed E-state index contributed by atoms with van der Waals surface area (Å²) in [5.41, 5.74) is -0.0437. The Morgan fingerprint density at radius 3 is 2.57 bits per heavy atom. The number of carboxylic acid groups (broad SMARTS) is 1. The van der Waals surface area contributed by atoms with Gasteiger partial charge in [0.2, 0.25) is 0 Å². The zero-order valence-electron chi connectivity index (χ0n) is 8.95. The van der Waals surface area contributed by atoms with Gasteiger partial charge in [-0.1, -0.05) is 20.8 Å². The molecular weight excluding hydrogens is 184 g/mol. The summed E-state index contributed by atoms with van der Waals surface area (Å²) in [5, 5.41) is 8.50. The number of carboxylic acids is 1. The first-order valence-corrected chi connectivity index (χ1v) is 4.88. The van der Waals surface area contributed by atoms with E-state index in [2.05, 4.69) is 0 Å². The first-order chi connectivity index (χ1) is 6.39. The van der Waals surface area contributed by atoms with E-state index in [4.69, 9.17) is 14.6 Å². The molecule has 1 saturated heterocycles. The third-order valence-electron chi connectivity index (χ3n) is 2.14. The molecule has 1 aliphatic rings. The third kappa shape index (κ3) is 3.27. The molecule has 2 atom stereocenters. The highest BCUT2D eigenvalue weighted by Gasteiger charge is 2.34. The van der Waals surface area contributed by atoms with Crippen LogP contribution >= 0.6 is 0 Å². The number of ether oxygens (including phenoxy) is 2. The summed E-state index contributed by atoms with van der Waals surface area (Å²) in [6.45, 7) is 6.63. The van der Waals surface area contributed by atoms with Crippen LogP contribution in [-0.4, -0.2) is 30.1 Å². The minimum absolute atomic E-state index is 0.0437. The molecule has 0 aliphatic carbocycles. The standard InChI is InChI=1S/C10H18O4/c1-10(2,3)9-13-6-7(14-9)4-5-8(11)12/h7,9H,4-6H2,1-3H3,(H,11,12). The molecule has 0 spiro atoms. The summed E-state index contributed by atoms with van der Waals surface area (Å²) < 4.78 is 11.0. The van der Waals surface area contributed by atoms with Gasteiger partial charge < -0.3 is 14.6 Å². The molecule has 0 aromatic heterocycles. The lowest BCUT2D eigenvalue weighted by Crippen LogP contribution is -2.27. The van der Waals surface area contributed by atoms with Crippen LogP contribution in [0.25, 0.3) is 0 Å². The molecule has 1 fully saturated rings. The number of rotatable bonds is 3. The predicted molar refractivity (Wildman–Crippen MR) is 50.9 cm³/mol. The summed E-state index contributed by atoms with van der Waals surface area (Å²) in [5.74, 6) is -0.784. The molecule has 82 valence electrons. The highest BCUT2D eigenvalue weighted by atomic mass is 16.7. The smallest absolute Gasteiger partial charge is 0.303 e. The van der Waals surface area contributed by atoms with E-state index in [1.54, 1.807) is 0 Å². The van der Waals surface area contributed by atoms with Crippen molar-refractivity contribution in [2.45, 2.75) is 46.0 Å². The maximum atomic E-state index is 10.3. The minimum Gasteiger partial charge on any atom is -0.481 e. The lowest BCUT2D eigenvalue weighted by atomic mass is 9.96. The van der Waals surface area contributed by atoms with Gasteiger partial charge in [-0.15, -0.1) is 0 Å². The molecule has 2 unspecified atom stereocenters. The Morgan fingerprint density at radius 2 is 2.14 bits per heavy atom. The molecule has 4 nitrogen and oxygen atoms in total. The highest BCUT2D eigenvalue weighted by Crippen LogP contribution is 2.29. The van der Waals surface area contributed by atoms with Crippen LogP contribution in [0.5, 0.6) is 0 Å². The average Bonchev–Trinajstić information content (AvgIpc) is 2.47. The Hall–Kier alpha value is -0.610. The molecular formula is C10H18O4. The Bertz CT molecular complexity index is 207. The molecule has 1 heterocycles. The third-order valence-corrected chi connectivity index (χ3v) is 2.14. The molecule has 14 heavy (non-hydrogen) atoms. The molecule has 0 aromatic carbocycles. The maximum absolute atomic E-state index is 10.3. The summed E-state index contributed by atoms with van der Waals surface area (Å²) in [6.07, 6.45) is 0.406. The SMILES string of the molecule is CC(C)(C)C1OCC(CCC(=O)O)O1. The molecule has 0 bridgehead atoms. The lowest BCUT2D eigenvalue weighted by Gasteiger charge is -2.25. The van der Waals surface area contributed by atoms with Crippen molar-refractivity contribution >= 4 is 5.97 Å². The zero-order valence-corrected chi connectivity index (χ0v) is 8.95. The second kappa shape index (κ2) is 4.28. The molecule has 0 aromatic rings. The van der Waals surface area contributed by atoms with Crippen molar-refractivity contribution in [1.82, 2.24) is 0 Å². The number of aliphatic carboxylic acids is 1. The Labute approximate surface area is 84.2 Å². The van der Waals surface area contributed by atoms with Gasteiger partial charge in [0, 0.05) is 11.8 Å². The van der Waals surface area contributed by atoms with Crippen LogP contribution in [0.4, 0.5) is 0 Å². The molecule has 0 radical (unpaired) electrons. The number of carbonyl (C=O) groups is 1. The zero-order chi connectivity index (χ0) is 10.8. The second-order valence-corrected chi connectivity index (χ2v) is 4.72. The van der Waals surface area contributed by atoms with E-state index in [0.29, 0.717) is 13.0 Å². The lowest BCUT2D eigenvalue weighted by molar-refractivity contribution is -0.139. The van der Waals surface area contributed by atoms with Crippen molar-refractivity contribution in [3.05, 3.63) is 0 Å². The van der Waals surface area contributed by atoms with Gasteiger partial charge >= 0.3 is 5.97 Å². The van der Waals surface area contributed by atoms with Crippen LogP contribution < -0.4 is 0 Å².